The number of rotatable bonds is 35. The van der Waals surface area contributed by atoms with Gasteiger partial charge >= 0.3 is 0 Å². The third kappa shape index (κ3) is 38.6. The van der Waals surface area contributed by atoms with Crippen LogP contribution in [0, 0.1) is 0 Å². The summed E-state index contributed by atoms with van der Waals surface area (Å²) in [6.07, 6.45) is 32.0. The second-order valence-electron chi connectivity index (χ2n) is 15.7. The van der Waals surface area contributed by atoms with Crippen molar-refractivity contribution in [2.45, 2.75) is 181 Å². The highest BCUT2D eigenvalue weighted by Crippen LogP contribution is 2.13. The molecule has 0 aromatic carbocycles. The predicted molar refractivity (Wildman–Crippen MR) is 201 cm³/mol. The minimum atomic E-state index is 0. The van der Waals surface area contributed by atoms with Crippen molar-refractivity contribution in [3.05, 3.63) is 0 Å². The number of unbranched alkanes of at least 4 members (excludes halogenated alkanes) is 19. The van der Waals surface area contributed by atoms with Crippen LogP contribution in [0.5, 0.6) is 0 Å². The largest absolute Gasteiger partial charge is 1.00 e. The van der Waals surface area contributed by atoms with Crippen LogP contribution < -0.4 is 44.6 Å². The minimum absolute atomic E-state index is 0. The molecule has 0 atom stereocenters. The molecule has 2 amide bonds. The Balaban J connectivity index is -0.0000101. The van der Waals surface area contributed by atoms with Gasteiger partial charge in [0.1, 0.15) is 0 Å². The topological polar surface area (TPSA) is 58.2 Å². The van der Waals surface area contributed by atoms with Crippen molar-refractivity contribution in [2.75, 3.05) is 67.5 Å². The number of carbonyl (C=O) groups is 2. The molecule has 0 spiro atoms. The number of halogens is 2. The van der Waals surface area contributed by atoms with Crippen LogP contribution in [-0.4, -0.2) is 88.2 Å². The molecule has 290 valence electrons. The third-order valence-corrected chi connectivity index (χ3v) is 9.82. The Morgan fingerprint density at radius 2 is 0.625 bits per heavy atom. The van der Waals surface area contributed by atoms with Gasteiger partial charge in [-0.05, 0) is 38.5 Å². The van der Waals surface area contributed by atoms with Crippen molar-refractivity contribution in [2.24, 2.45) is 0 Å². The normalized spacial score (nSPS) is 11.5. The molecule has 0 saturated carbocycles. The first kappa shape index (κ1) is 52.2. The van der Waals surface area contributed by atoms with Gasteiger partial charge in [-0.1, -0.05) is 117 Å². The molecule has 0 rings (SSSR count). The number of hydrogen-bond donors (Lipinski definition) is 2. The SMILES string of the molecule is CCCCCCCCCCCC(=O)NCCC[N+](C)(C)CCCCCC[N+](C)(C)CCCNC(=O)CCCCCCCCCCC.[Br-].[Br-]. The second-order valence-corrected chi connectivity index (χ2v) is 15.7. The van der Waals surface area contributed by atoms with E-state index in [1.807, 2.05) is 0 Å². The Hall–Kier alpha value is -0.180. The Morgan fingerprint density at radius 1 is 0.375 bits per heavy atom. The van der Waals surface area contributed by atoms with E-state index in [0.29, 0.717) is 12.8 Å². The molecule has 0 radical (unpaired) electrons. The average molecular weight is 813 g/mol. The number of nitrogens with one attached hydrogen (secondary N) is 2. The summed E-state index contributed by atoms with van der Waals surface area (Å²) >= 11 is 0. The van der Waals surface area contributed by atoms with E-state index >= 15 is 0 Å². The number of hydrogen-bond acceptors (Lipinski definition) is 2. The lowest BCUT2D eigenvalue weighted by Crippen LogP contribution is -3.00. The monoisotopic (exact) mass is 810 g/mol. The van der Waals surface area contributed by atoms with Gasteiger partial charge in [0.2, 0.25) is 11.8 Å². The van der Waals surface area contributed by atoms with E-state index in [0.717, 1.165) is 60.8 Å². The molecule has 48 heavy (non-hydrogen) atoms. The Kier molecular flexibility index (Phi) is 39.8. The number of nitrogens with zero attached hydrogens (tertiary/aromatic N) is 2. The fraction of sp³-hybridized carbons (Fsp3) is 0.950. The predicted octanol–water partition coefficient (Wildman–Crippen LogP) is 3.56. The zero-order chi connectivity index (χ0) is 34.2. The summed E-state index contributed by atoms with van der Waals surface area (Å²) in [5.41, 5.74) is 0. The van der Waals surface area contributed by atoms with Gasteiger partial charge in [-0.2, -0.15) is 0 Å². The van der Waals surface area contributed by atoms with Gasteiger partial charge in [-0.15, -0.1) is 0 Å². The van der Waals surface area contributed by atoms with Crippen molar-refractivity contribution in [3.63, 3.8) is 0 Å². The summed E-state index contributed by atoms with van der Waals surface area (Å²) in [6.45, 7) is 10.8. The minimum Gasteiger partial charge on any atom is -1.00 e. The summed E-state index contributed by atoms with van der Waals surface area (Å²) in [5, 5.41) is 6.30. The first-order valence-electron chi connectivity index (χ1n) is 20.3. The maximum absolute atomic E-state index is 12.2. The lowest BCUT2D eigenvalue weighted by molar-refractivity contribution is -0.891. The molecule has 0 fully saturated rings. The van der Waals surface area contributed by atoms with Gasteiger partial charge in [0.15, 0.2) is 0 Å². The van der Waals surface area contributed by atoms with Crippen molar-refractivity contribution in [1.82, 2.24) is 10.6 Å². The van der Waals surface area contributed by atoms with Crippen molar-refractivity contribution in [3.8, 4) is 0 Å². The molecule has 2 N–H and O–H groups in total. The first-order valence-corrected chi connectivity index (χ1v) is 20.3. The van der Waals surface area contributed by atoms with Gasteiger partial charge in [0.25, 0.3) is 0 Å². The van der Waals surface area contributed by atoms with Crippen molar-refractivity contribution in [1.29, 1.82) is 0 Å². The van der Waals surface area contributed by atoms with Crippen LogP contribution in [0.3, 0.4) is 0 Å². The van der Waals surface area contributed by atoms with Crippen LogP contribution in [0.15, 0.2) is 0 Å². The fourth-order valence-corrected chi connectivity index (χ4v) is 6.50. The molecule has 0 unspecified atom stereocenters. The van der Waals surface area contributed by atoms with Crippen LogP contribution in [0.2, 0.25) is 0 Å². The molecular weight excluding hydrogens is 728 g/mol. The molecule has 0 aromatic rings. The highest BCUT2D eigenvalue weighted by Gasteiger charge is 2.16. The Labute approximate surface area is 321 Å². The van der Waals surface area contributed by atoms with E-state index in [2.05, 4.69) is 52.7 Å². The van der Waals surface area contributed by atoms with Gasteiger partial charge in [0, 0.05) is 38.8 Å². The maximum Gasteiger partial charge on any atom is 0.219 e. The molecule has 0 saturated heterocycles. The van der Waals surface area contributed by atoms with E-state index < -0.39 is 0 Å². The van der Waals surface area contributed by atoms with Crippen molar-refractivity contribution >= 4 is 11.8 Å². The molecule has 0 bridgehead atoms. The van der Waals surface area contributed by atoms with E-state index in [9.17, 15) is 9.59 Å². The molecule has 8 heteroatoms. The van der Waals surface area contributed by atoms with Crippen LogP contribution in [0.25, 0.3) is 0 Å². The van der Waals surface area contributed by atoms with Crippen LogP contribution in [0.1, 0.15) is 181 Å². The van der Waals surface area contributed by atoms with E-state index in [4.69, 9.17) is 0 Å². The zero-order valence-corrected chi connectivity index (χ0v) is 36.3. The standard InChI is InChI=1S/C40H82N4O2.2BrH/c1-7-9-11-13-15-17-19-21-25-31-39(45)41-33-29-37-43(3,4)35-27-23-24-28-36-44(5,6)38-30-34-42-40(46)32-26-22-20-18-16-14-12-10-8-2;;/h7-38H2,1-6H3;2*1H. The molecule has 0 aliphatic heterocycles. The number of quaternary nitrogens is 2. The molecule has 0 aliphatic rings. The lowest BCUT2D eigenvalue weighted by atomic mass is 10.1. The van der Waals surface area contributed by atoms with Crippen LogP contribution >= 0.6 is 0 Å². The third-order valence-electron chi connectivity index (χ3n) is 9.82. The lowest BCUT2D eigenvalue weighted by Gasteiger charge is -2.31. The van der Waals surface area contributed by atoms with E-state index in [-0.39, 0.29) is 45.8 Å². The van der Waals surface area contributed by atoms with E-state index in [1.165, 1.54) is 142 Å². The summed E-state index contributed by atoms with van der Waals surface area (Å²) < 4.78 is 2.08. The maximum atomic E-state index is 12.2. The van der Waals surface area contributed by atoms with E-state index in [1.54, 1.807) is 0 Å². The zero-order valence-electron chi connectivity index (χ0n) is 33.1. The molecule has 6 nitrogen and oxygen atoms in total. The van der Waals surface area contributed by atoms with Crippen LogP contribution in [-0.2, 0) is 9.59 Å². The number of amides is 2. The van der Waals surface area contributed by atoms with Gasteiger partial charge in [-0.25, -0.2) is 0 Å². The molecule has 0 heterocycles. The summed E-state index contributed by atoms with van der Waals surface area (Å²) in [4.78, 5) is 24.3. The first-order chi connectivity index (χ1) is 22.1. The van der Waals surface area contributed by atoms with Crippen LogP contribution in [0.4, 0.5) is 0 Å². The Bertz CT molecular complexity index is 649. The number of carbonyl (C=O) groups excluding carboxylic acids is 2. The summed E-state index contributed by atoms with van der Waals surface area (Å²) in [5.74, 6) is 0.479. The molecule has 0 aliphatic carbocycles. The highest BCUT2D eigenvalue weighted by molar-refractivity contribution is 5.76. The van der Waals surface area contributed by atoms with Gasteiger partial charge in [-0.3, -0.25) is 9.59 Å². The summed E-state index contributed by atoms with van der Waals surface area (Å²) in [7, 11) is 9.33. The quantitative estimate of drug-likeness (QED) is 0.0761. The smallest absolute Gasteiger partial charge is 0.219 e. The summed E-state index contributed by atoms with van der Waals surface area (Å²) in [6, 6.07) is 0. The fourth-order valence-electron chi connectivity index (χ4n) is 6.50. The average Bonchev–Trinajstić information content (AvgIpc) is 3.01. The second kappa shape index (κ2) is 36.6. The highest BCUT2D eigenvalue weighted by atomic mass is 79.9. The molecular formula is C40H84Br2N4O2. The Morgan fingerprint density at radius 3 is 0.938 bits per heavy atom. The van der Waals surface area contributed by atoms with Gasteiger partial charge in [0.05, 0.1) is 54.4 Å². The molecule has 0 aromatic heterocycles. The van der Waals surface area contributed by atoms with Gasteiger partial charge < -0.3 is 53.6 Å². The van der Waals surface area contributed by atoms with Crippen molar-refractivity contribution < 1.29 is 52.5 Å².